The number of aryl methyl sites for hydroxylation is 1. The number of nitrogens with one attached hydrogen (secondary N) is 1. The molecule has 1 saturated heterocycles. The molecule has 2 heterocycles. The average molecular weight is 328 g/mol. The van der Waals surface area contributed by atoms with Gasteiger partial charge in [0.1, 0.15) is 11.6 Å². The van der Waals surface area contributed by atoms with Crippen LogP contribution in [0.15, 0.2) is 42.5 Å². The van der Waals surface area contributed by atoms with Crippen molar-refractivity contribution in [2.45, 2.75) is 32.0 Å². The number of hydrogen-bond acceptors (Lipinski definition) is 2. The van der Waals surface area contributed by atoms with Crippen molar-refractivity contribution < 1.29 is 9.13 Å². The lowest BCUT2D eigenvalue weighted by atomic mass is 9.90. The Kier molecular flexibility index (Phi) is 3.10. The summed E-state index contributed by atoms with van der Waals surface area (Å²) in [5.74, 6) is 0.447. The average Bonchev–Trinajstić information content (AvgIpc) is 2.47. The van der Waals surface area contributed by atoms with E-state index in [0.717, 1.165) is 16.8 Å². The summed E-state index contributed by atoms with van der Waals surface area (Å²) in [4.78, 5) is 2.01. The lowest BCUT2D eigenvalue weighted by molar-refractivity contribution is 0.0495. The number of hydrogen-bond donors (Lipinski definition) is 1. The summed E-state index contributed by atoms with van der Waals surface area (Å²) in [5.41, 5.74) is 2.39. The first-order valence-electron chi connectivity index (χ1n) is 7.62. The van der Waals surface area contributed by atoms with Crippen LogP contribution in [0.1, 0.15) is 30.5 Å². The Labute approximate surface area is 140 Å². The van der Waals surface area contributed by atoms with Gasteiger partial charge >= 0.3 is 0 Å². The van der Waals surface area contributed by atoms with E-state index in [9.17, 15) is 4.39 Å². The summed E-state index contributed by atoms with van der Waals surface area (Å²) < 4.78 is 19.8. The van der Waals surface area contributed by atoms with Crippen LogP contribution in [0.25, 0.3) is 0 Å². The number of thiocarbonyl (C=S) groups is 1. The van der Waals surface area contributed by atoms with Gasteiger partial charge in [-0.3, -0.25) is 4.90 Å². The van der Waals surface area contributed by atoms with E-state index in [4.69, 9.17) is 17.0 Å². The predicted molar refractivity (Wildman–Crippen MR) is 92.2 cm³/mol. The Hall–Kier alpha value is -2.14. The second-order valence-electron chi connectivity index (χ2n) is 6.34. The summed E-state index contributed by atoms with van der Waals surface area (Å²) in [6, 6.07) is 12.8. The molecule has 2 aliphatic heterocycles. The number of halogens is 1. The molecular weight excluding hydrogens is 311 g/mol. The molecule has 0 saturated carbocycles. The van der Waals surface area contributed by atoms with E-state index in [2.05, 4.69) is 24.4 Å². The number of rotatable bonds is 1. The number of benzene rings is 2. The second kappa shape index (κ2) is 4.93. The zero-order chi connectivity index (χ0) is 16.2. The highest BCUT2D eigenvalue weighted by Crippen LogP contribution is 2.45. The highest BCUT2D eigenvalue weighted by atomic mass is 32.1. The molecule has 0 amide bonds. The minimum absolute atomic E-state index is 0.0343. The molecule has 3 nitrogen and oxygen atoms in total. The fraction of sp³-hybridized carbons (Fsp3) is 0.278. The smallest absolute Gasteiger partial charge is 0.188 e. The molecule has 2 aromatic rings. The monoisotopic (exact) mass is 328 g/mol. The fourth-order valence-corrected chi connectivity index (χ4v) is 3.94. The van der Waals surface area contributed by atoms with Crippen molar-refractivity contribution in [2.24, 2.45) is 0 Å². The van der Waals surface area contributed by atoms with Crippen molar-refractivity contribution in [1.82, 2.24) is 5.32 Å². The van der Waals surface area contributed by atoms with Crippen molar-refractivity contribution in [3.8, 4) is 5.75 Å². The lowest BCUT2D eigenvalue weighted by Gasteiger charge is -2.52. The van der Waals surface area contributed by atoms with E-state index in [-0.39, 0.29) is 11.9 Å². The van der Waals surface area contributed by atoms with Gasteiger partial charge in [0.15, 0.2) is 10.8 Å². The molecule has 1 fully saturated rings. The van der Waals surface area contributed by atoms with Crippen LogP contribution in [0, 0.1) is 12.7 Å². The molecule has 2 aliphatic rings. The summed E-state index contributed by atoms with van der Waals surface area (Å²) >= 11 is 5.58. The number of fused-ring (bicyclic) bond motifs is 4. The van der Waals surface area contributed by atoms with Crippen LogP contribution >= 0.6 is 12.2 Å². The maximum Gasteiger partial charge on any atom is 0.188 e. The molecule has 4 rings (SSSR count). The minimum atomic E-state index is -0.592. The van der Waals surface area contributed by atoms with Gasteiger partial charge in [0.2, 0.25) is 0 Å². The van der Waals surface area contributed by atoms with Gasteiger partial charge in [-0.15, -0.1) is 0 Å². The topological polar surface area (TPSA) is 24.5 Å². The van der Waals surface area contributed by atoms with Gasteiger partial charge < -0.3 is 10.1 Å². The first kappa shape index (κ1) is 14.5. The van der Waals surface area contributed by atoms with Crippen LogP contribution in [0.5, 0.6) is 5.75 Å². The molecule has 2 atom stereocenters. The molecular formula is C18H17FN2OS. The Morgan fingerprint density at radius 3 is 2.91 bits per heavy atom. The van der Waals surface area contributed by atoms with Crippen molar-refractivity contribution in [2.75, 3.05) is 4.90 Å². The van der Waals surface area contributed by atoms with E-state index in [1.807, 2.05) is 24.0 Å². The van der Waals surface area contributed by atoms with Gasteiger partial charge in [-0.2, -0.15) is 0 Å². The minimum Gasteiger partial charge on any atom is -0.467 e. The highest BCUT2D eigenvalue weighted by Gasteiger charge is 2.48. The number of anilines is 1. The van der Waals surface area contributed by atoms with Gasteiger partial charge in [-0.05, 0) is 62.0 Å². The quantitative estimate of drug-likeness (QED) is 0.798. The predicted octanol–water partition coefficient (Wildman–Crippen LogP) is 4.07. The Balaban J connectivity index is 1.81. The van der Waals surface area contributed by atoms with Crippen LogP contribution < -0.4 is 15.0 Å². The maximum atomic E-state index is 13.6. The van der Waals surface area contributed by atoms with Crippen LogP contribution in [0.3, 0.4) is 0 Å². The molecule has 0 unspecified atom stereocenters. The lowest BCUT2D eigenvalue weighted by Crippen LogP contribution is -2.65. The third kappa shape index (κ3) is 2.27. The normalized spacial score (nSPS) is 25.4. The summed E-state index contributed by atoms with van der Waals surface area (Å²) in [5, 5.41) is 3.94. The molecule has 0 aromatic heterocycles. The van der Waals surface area contributed by atoms with Gasteiger partial charge in [-0.1, -0.05) is 12.1 Å². The van der Waals surface area contributed by atoms with Crippen molar-refractivity contribution in [1.29, 1.82) is 0 Å². The van der Waals surface area contributed by atoms with Crippen LogP contribution in [-0.2, 0) is 0 Å². The van der Waals surface area contributed by atoms with Gasteiger partial charge in [0.25, 0.3) is 0 Å². The van der Waals surface area contributed by atoms with E-state index in [1.54, 1.807) is 6.07 Å². The molecule has 0 aliphatic carbocycles. The first-order valence-corrected chi connectivity index (χ1v) is 8.03. The number of ether oxygens (including phenoxy) is 1. The number of nitrogens with zero attached hydrogens (tertiary/aromatic N) is 1. The molecule has 2 bridgehead atoms. The van der Waals surface area contributed by atoms with E-state index in [1.165, 1.54) is 12.1 Å². The summed E-state index contributed by atoms with van der Waals surface area (Å²) in [6.07, 6.45) is 0.692. The van der Waals surface area contributed by atoms with Gasteiger partial charge in [-0.25, -0.2) is 4.39 Å². The van der Waals surface area contributed by atoms with E-state index < -0.39 is 5.72 Å². The fourth-order valence-electron chi connectivity index (χ4n) is 3.50. The van der Waals surface area contributed by atoms with Crippen LogP contribution in [0.4, 0.5) is 10.1 Å². The van der Waals surface area contributed by atoms with Crippen LogP contribution in [0.2, 0.25) is 0 Å². The SMILES string of the molecule is Cc1cccc(N2C(=S)N[C@@H]3C[C@]2(C)Oc2ccc(F)cc23)c1. The molecule has 1 N–H and O–H groups in total. The Morgan fingerprint density at radius 1 is 1.30 bits per heavy atom. The van der Waals surface area contributed by atoms with Crippen molar-refractivity contribution in [3.63, 3.8) is 0 Å². The molecule has 2 aromatic carbocycles. The van der Waals surface area contributed by atoms with Crippen LogP contribution in [-0.4, -0.2) is 10.8 Å². The molecule has 23 heavy (non-hydrogen) atoms. The largest absolute Gasteiger partial charge is 0.467 e. The zero-order valence-corrected chi connectivity index (χ0v) is 13.8. The third-order valence-corrected chi connectivity index (χ3v) is 4.79. The zero-order valence-electron chi connectivity index (χ0n) is 13.0. The summed E-state index contributed by atoms with van der Waals surface area (Å²) in [6.45, 7) is 4.08. The van der Waals surface area contributed by atoms with Gasteiger partial charge in [0.05, 0.1) is 6.04 Å². The molecule has 0 radical (unpaired) electrons. The summed E-state index contributed by atoms with van der Waals surface area (Å²) in [7, 11) is 0. The third-order valence-electron chi connectivity index (χ3n) is 4.49. The molecule has 5 heteroatoms. The van der Waals surface area contributed by atoms with Crippen molar-refractivity contribution >= 4 is 23.0 Å². The van der Waals surface area contributed by atoms with E-state index >= 15 is 0 Å². The highest BCUT2D eigenvalue weighted by molar-refractivity contribution is 7.80. The van der Waals surface area contributed by atoms with Gasteiger partial charge in [0, 0.05) is 17.7 Å². The van der Waals surface area contributed by atoms with E-state index in [0.29, 0.717) is 17.3 Å². The first-order chi connectivity index (χ1) is 11.0. The second-order valence-corrected chi connectivity index (χ2v) is 6.73. The molecule has 118 valence electrons. The standard InChI is InChI=1S/C18H17FN2OS/c1-11-4-3-5-13(8-11)21-17(23)20-15-10-18(21,2)22-16-7-6-12(19)9-14(15)16/h3-9,15H,10H2,1-2H3,(H,20,23)/t15-,18+/m1/s1. The molecule has 0 spiro atoms. The Bertz CT molecular complexity index is 809. The maximum absolute atomic E-state index is 13.6. The Morgan fingerprint density at radius 2 is 2.13 bits per heavy atom. The van der Waals surface area contributed by atoms with Crippen molar-refractivity contribution in [3.05, 3.63) is 59.4 Å².